The van der Waals surface area contributed by atoms with Crippen LogP contribution in [0.3, 0.4) is 0 Å². The third-order valence-corrected chi connectivity index (χ3v) is 2.57. The predicted molar refractivity (Wildman–Crippen MR) is 59.3 cm³/mol. The number of allylic oxidation sites excluding steroid dienone is 2. The van der Waals surface area contributed by atoms with E-state index in [9.17, 15) is 0 Å². The van der Waals surface area contributed by atoms with Gasteiger partial charge in [-0.05, 0) is 30.0 Å². The molecule has 1 aromatic carbocycles. The van der Waals surface area contributed by atoms with Gasteiger partial charge >= 0.3 is 0 Å². The van der Waals surface area contributed by atoms with Crippen LogP contribution in [0, 0.1) is 0 Å². The maximum Gasteiger partial charge on any atom is 0.0685 e. The number of rotatable bonds is 0. The van der Waals surface area contributed by atoms with Crippen molar-refractivity contribution < 1.29 is 0 Å². The van der Waals surface area contributed by atoms with Gasteiger partial charge in [0.25, 0.3) is 0 Å². The van der Waals surface area contributed by atoms with Crippen LogP contribution in [-0.2, 0) is 6.42 Å². The Kier molecular flexibility index (Phi) is 1.53. The first kappa shape index (κ1) is 7.56. The molecule has 0 amide bonds. The Labute approximate surface area is 82.0 Å². The van der Waals surface area contributed by atoms with Gasteiger partial charge in [-0.2, -0.15) is 0 Å². The molecule has 1 N–H and O–H groups in total. The van der Waals surface area contributed by atoms with Gasteiger partial charge in [-0.15, -0.1) is 0 Å². The van der Waals surface area contributed by atoms with Crippen molar-refractivity contribution in [3.63, 3.8) is 0 Å². The van der Waals surface area contributed by atoms with E-state index in [1.54, 1.807) is 0 Å². The molecule has 0 atom stereocenters. The van der Waals surface area contributed by atoms with E-state index in [1.807, 2.05) is 18.5 Å². The summed E-state index contributed by atoms with van der Waals surface area (Å²) in [6.07, 6.45) is 8.90. The van der Waals surface area contributed by atoms with Crippen molar-refractivity contribution in [1.82, 2.24) is 4.98 Å². The van der Waals surface area contributed by atoms with Gasteiger partial charge in [0.05, 0.1) is 11.2 Å². The first-order chi connectivity index (χ1) is 6.95. The monoisotopic (exact) mass is 182 g/mol. The first-order valence-electron chi connectivity index (χ1n) is 4.73. The van der Waals surface area contributed by atoms with Crippen LogP contribution >= 0.6 is 0 Å². The number of aromatic nitrogens is 1. The third-order valence-electron chi connectivity index (χ3n) is 2.57. The number of nitrogens with one attached hydrogen (secondary N) is 1. The third kappa shape index (κ3) is 1.01. The average Bonchev–Trinajstić information content (AvgIpc) is 2.55. The lowest BCUT2D eigenvalue weighted by molar-refractivity contribution is 1.27. The van der Waals surface area contributed by atoms with Gasteiger partial charge in [-0.25, -0.2) is 0 Å². The second-order valence-electron chi connectivity index (χ2n) is 3.42. The number of nitrogens with zero attached hydrogens (tertiary/aromatic N) is 1. The average molecular weight is 182 g/mol. The molecule has 0 spiro atoms. The van der Waals surface area contributed by atoms with E-state index in [-0.39, 0.29) is 0 Å². The van der Waals surface area contributed by atoms with Crippen LogP contribution in [0.25, 0.3) is 10.9 Å². The van der Waals surface area contributed by atoms with Crippen molar-refractivity contribution >= 4 is 22.8 Å². The molecule has 0 bridgehead atoms. The minimum Gasteiger partial charge on any atom is -0.361 e. The Morgan fingerprint density at radius 3 is 3.21 bits per heavy atom. The van der Waals surface area contributed by atoms with Crippen LogP contribution < -0.4 is 0 Å². The van der Waals surface area contributed by atoms with Gasteiger partial charge in [0.15, 0.2) is 0 Å². The zero-order valence-corrected chi connectivity index (χ0v) is 7.70. The summed E-state index contributed by atoms with van der Waals surface area (Å²) in [6.45, 7) is 0. The van der Waals surface area contributed by atoms with Gasteiger partial charge in [0.1, 0.15) is 0 Å². The van der Waals surface area contributed by atoms with E-state index >= 15 is 0 Å². The molecule has 0 saturated carbocycles. The van der Waals surface area contributed by atoms with E-state index in [0.29, 0.717) is 0 Å². The second kappa shape index (κ2) is 2.84. The fourth-order valence-electron chi connectivity index (χ4n) is 1.88. The molecule has 0 radical (unpaired) electrons. The smallest absolute Gasteiger partial charge is 0.0685 e. The Morgan fingerprint density at radius 1 is 1.21 bits per heavy atom. The van der Waals surface area contributed by atoms with Gasteiger partial charge in [0.2, 0.25) is 0 Å². The van der Waals surface area contributed by atoms with Gasteiger partial charge in [-0.1, -0.05) is 12.1 Å². The van der Waals surface area contributed by atoms with Crippen LogP contribution in [0.15, 0.2) is 41.5 Å². The number of aliphatic imine (C=N–C) groups is 1. The number of fused-ring (bicyclic) bond motifs is 3. The highest BCUT2D eigenvalue weighted by Crippen LogP contribution is 2.28. The summed E-state index contributed by atoms with van der Waals surface area (Å²) in [5.41, 5.74) is 3.58. The van der Waals surface area contributed by atoms with Crippen LogP contribution in [0.4, 0.5) is 5.69 Å². The molecule has 68 valence electrons. The number of hydrogen-bond acceptors (Lipinski definition) is 1. The number of H-pyrrole nitrogens is 1. The molecule has 1 aliphatic heterocycles. The fraction of sp³-hybridized carbons (Fsp3) is 0.0833. The Bertz CT molecular complexity index is 532. The fourth-order valence-corrected chi connectivity index (χ4v) is 1.88. The standard InChI is InChI=1S/C12H10N2/c1-2-7-13-11-5-4-9-6-8-14-12(9)10(11)3-1/h1-2,4-8,14H,3H2. The summed E-state index contributed by atoms with van der Waals surface area (Å²) in [6, 6.07) is 6.27. The molecule has 14 heavy (non-hydrogen) atoms. The highest BCUT2D eigenvalue weighted by Gasteiger charge is 2.07. The molecule has 2 nitrogen and oxygen atoms in total. The topological polar surface area (TPSA) is 28.1 Å². The highest BCUT2D eigenvalue weighted by atomic mass is 14.7. The summed E-state index contributed by atoms with van der Waals surface area (Å²) in [5, 5.41) is 1.26. The van der Waals surface area contributed by atoms with Crippen LogP contribution in [0.1, 0.15) is 5.56 Å². The predicted octanol–water partition coefficient (Wildman–Crippen LogP) is 2.98. The summed E-state index contributed by atoms with van der Waals surface area (Å²) < 4.78 is 0. The second-order valence-corrected chi connectivity index (χ2v) is 3.42. The molecule has 3 rings (SSSR count). The summed E-state index contributed by atoms with van der Waals surface area (Å²) >= 11 is 0. The quantitative estimate of drug-likeness (QED) is 0.648. The minimum absolute atomic E-state index is 0.952. The number of hydrogen-bond donors (Lipinski definition) is 1. The first-order valence-corrected chi connectivity index (χ1v) is 4.73. The van der Waals surface area contributed by atoms with Gasteiger partial charge < -0.3 is 4.98 Å². The maximum atomic E-state index is 4.38. The molecule has 0 unspecified atom stereocenters. The lowest BCUT2D eigenvalue weighted by Crippen LogP contribution is -1.83. The summed E-state index contributed by atoms with van der Waals surface area (Å²) in [7, 11) is 0. The van der Waals surface area contributed by atoms with Crippen molar-refractivity contribution in [3.8, 4) is 0 Å². The molecular weight excluding hydrogens is 172 g/mol. The van der Waals surface area contributed by atoms with Crippen molar-refractivity contribution in [1.29, 1.82) is 0 Å². The zero-order chi connectivity index (χ0) is 9.38. The highest BCUT2D eigenvalue weighted by molar-refractivity contribution is 5.89. The van der Waals surface area contributed by atoms with Gasteiger partial charge in [-0.3, -0.25) is 4.99 Å². The van der Waals surface area contributed by atoms with Crippen LogP contribution in [-0.4, -0.2) is 11.2 Å². The normalized spacial score (nSPS) is 14.3. The summed E-state index contributed by atoms with van der Waals surface area (Å²) in [5.74, 6) is 0. The molecule has 0 saturated heterocycles. The summed E-state index contributed by atoms with van der Waals surface area (Å²) in [4.78, 5) is 7.65. The molecule has 2 heteroatoms. The molecule has 0 fully saturated rings. The van der Waals surface area contributed by atoms with Crippen LogP contribution in [0.2, 0.25) is 0 Å². The van der Waals surface area contributed by atoms with E-state index in [4.69, 9.17) is 0 Å². The van der Waals surface area contributed by atoms with Crippen molar-refractivity contribution in [2.45, 2.75) is 6.42 Å². The minimum atomic E-state index is 0.952. The molecule has 0 aliphatic carbocycles. The van der Waals surface area contributed by atoms with Crippen molar-refractivity contribution in [2.75, 3.05) is 0 Å². The molecule has 2 aromatic rings. The lowest BCUT2D eigenvalue weighted by atomic mass is 10.1. The van der Waals surface area contributed by atoms with E-state index in [0.717, 1.165) is 12.1 Å². The molecule has 2 heterocycles. The van der Waals surface area contributed by atoms with E-state index < -0.39 is 0 Å². The maximum absolute atomic E-state index is 4.38. The molecule has 1 aromatic heterocycles. The molecule has 1 aliphatic rings. The Balaban J connectivity index is 2.38. The Hall–Kier alpha value is -1.83. The largest absolute Gasteiger partial charge is 0.361 e. The zero-order valence-electron chi connectivity index (χ0n) is 7.70. The van der Waals surface area contributed by atoms with Gasteiger partial charge in [0, 0.05) is 18.0 Å². The lowest BCUT2D eigenvalue weighted by Gasteiger charge is -2.03. The Morgan fingerprint density at radius 2 is 2.21 bits per heavy atom. The van der Waals surface area contributed by atoms with E-state index in [1.165, 1.54) is 16.5 Å². The number of benzene rings is 1. The van der Waals surface area contributed by atoms with E-state index in [2.05, 4.69) is 34.3 Å². The van der Waals surface area contributed by atoms with Crippen molar-refractivity contribution in [2.24, 2.45) is 4.99 Å². The molecular formula is C12H10N2. The SMILES string of the molecule is C1=CCc2c(ccc3cc[nH]c23)N=C1. The number of aromatic amines is 1. The van der Waals surface area contributed by atoms with Crippen LogP contribution in [0.5, 0.6) is 0 Å². The van der Waals surface area contributed by atoms with Crippen molar-refractivity contribution in [3.05, 3.63) is 42.1 Å².